The van der Waals surface area contributed by atoms with Crippen LogP contribution in [-0.4, -0.2) is 35.3 Å². The molecule has 14 heavy (non-hydrogen) atoms. The molecule has 0 aromatic rings. The van der Waals surface area contributed by atoms with Gasteiger partial charge in [-0.1, -0.05) is 29.7 Å². The molecule has 0 aliphatic rings. The Morgan fingerprint density at radius 1 is 0.857 bits per heavy atom. The van der Waals surface area contributed by atoms with Crippen molar-refractivity contribution in [2.24, 2.45) is 0 Å². The molecule has 0 aromatic heterocycles. The summed E-state index contributed by atoms with van der Waals surface area (Å²) in [4.78, 5) is 0. The van der Waals surface area contributed by atoms with Crippen LogP contribution in [0.2, 0.25) is 0 Å². The van der Waals surface area contributed by atoms with Gasteiger partial charge in [-0.2, -0.15) is 0 Å². The SMILES string of the molecule is C.C.C.C.O=P(CO)(OCO)OCO. The van der Waals surface area contributed by atoms with Crippen molar-refractivity contribution in [3.8, 4) is 0 Å². The van der Waals surface area contributed by atoms with Crippen LogP contribution in [0.5, 0.6) is 0 Å². The third kappa shape index (κ3) is 12.0. The summed E-state index contributed by atoms with van der Waals surface area (Å²) in [5.41, 5.74) is 0. The van der Waals surface area contributed by atoms with Crippen molar-refractivity contribution >= 4 is 7.60 Å². The summed E-state index contributed by atoms with van der Waals surface area (Å²) < 4.78 is 19.0. The van der Waals surface area contributed by atoms with Gasteiger partial charge in [-0.05, 0) is 0 Å². The molecule has 7 heteroatoms. The quantitative estimate of drug-likeness (QED) is 0.495. The van der Waals surface area contributed by atoms with Crippen molar-refractivity contribution in [2.45, 2.75) is 29.7 Å². The molecule has 0 aliphatic heterocycles. The normalized spacial score (nSPS) is 8.50. The average molecular weight is 236 g/mol. The first-order chi connectivity index (χ1) is 4.68. The van der Waals surface area contributed by atoms with Gasteiger partial charge in [0.2, 0.25) is 0 Å². The van der Waals surface area contributed by atoms with Gasteiger partial charge in [0.05, 0.1) is 0 Å². The highest BCUT2D eigenvalue weighted by Crippen LogP contribution is 2.46. The maximum absolute atomic E-state index is 10.8. The highest BCUT2D eigenvalue weighted by Gasteiger charge is 2.22. The van der Waals surface area contributed by atoms with E-state index in [0.717, 1.165) is 0 Å². The minimum Gasteiger partial charge on any atom is -0.384 e. The zero-order valence-corrected chi connectivity index (χ0v) is 6.03. The van der Waals surface area contributed by atoms with Crippen molar-refractivity contribution in [1.82, 2.24) is 0 Å². The molecule has 0 amide bonds. The predicted octanol–water partition coefficient (Wildman–Crippen LogP) is 1.61. The van der Waals surface area contributed by atoms with Crippen LogP contribution in [0.15, 0.2) is 0 Å². The average Bonchev–Trinajstić information content (AvgIpc) is 1.89. The molecule has 0 heterocycles. The number of rotatable bonds is 5. The Morgan fingerprint density at radius 3 is 1.29 bits per heavy atom. The minimum absolute atomic E-state index is 0. The molecule has 0 saturated heterocycles. The Kier molecular flexibility index (Phi) is 32.3. The first-order valence-electron chi connectivity index (χ1n) is 2.39. The van der Waals surface area contributed by atoms with Gasteiger partial charge >= 0.3 is 7.60 Å². The van der Waals surface area contributed by atoms with E-state index in [-0.39, 0.29) is 29.7 Å². The third-order valence-electron chi connectivity index (χ3n) is 0.682. The predicted molar refractivity (Wildman–Crippen MR) is 58.0 cm³/mol. The number of hydrogen-bond donors (Lipinski definition) is 3. The van der Waals surface area contributed by atoms with Crippen molar-refractivity contribution in [3.05, 3.63) is 0 Å². The van der Waals surface area contributed by atoms with Crippen molar-refractivity contribution in [2.75, 3.05) is 19.9 Å². The van der Waals surface area contributed by atoms with Crippen LogP contribution in [0.4, 0.5) is 0 Å². The molecule has 0 rings (SSSR count). The van der Waals surface area contributed by atoms with E-state index in [2.05, 4.69) is 9.05 Å². The smallest absolute Gasteiger partial charge is 0.359 e. The lowest BCUT2D eigenvalue weighted by Crippen LogP contribution is -2.01. The van der Waals surface area contributed by atoms with Crippen LogP contribution in [0.25, 0.3) is 0 Å². The Hall–Kier alpha value is 0.0300. The molecule has 0 aliphatic carbocycles. The molecule has 3 N–H and O–H groups in total. The van der Waals surface area contributed by atoms with Gasteiger partial charge < -0.3 is 15.3 Å². The van der Waals surface area contributed by atoms with Gasteiger partial charge in [0.15, 0.2) is 13.6 Å². The lowest BCUT2D eigenvalue weighted by Gasteiger charge is -2.11. The van der Waals surface area contributed by atoms with E-state index in [1.165, 1.54) is 0 Å². The maximum Gasteiger partial charge on any atom is 0.359 e. The van der Waals surface area contributed by atoms with Crippen LogP contribution < -0.4 is 0 Å². The van der Waals surface area contributed by atoms with Crippen molar-refractivity contribution < 1.29 is 28.9 Å². The summed E-state index contributed by atoms with van der Waals surface area (Å²) in [5, 5.41) is 24.5. The van der Waals surface area contributed by atoms with Gasteiger partial charge in [0.25, 0.3) is 0 Å². The monoisotopic (exact) mass is 236 g/mol. The first-order valence-corrected chi connectivity index (χ1v) is 4.12. The largest absolute Gasteiger partial charge is 0.384 e. The lowest BCUT2D eigenvalue weighted by atomic mass is 11.6. The van der Waals surface area contributed by atoms with Crippen LogP contribution >= 0.6 is 7.60 Å². The molecule has 0 bridgehead atoms. The Balaban J connectivity index is -0.0000000675. The van der Waals surface area contributed by atoms with Crippen LogP contribution in [0.1, 0.15) is 29.7 Å². The van der Waals surface area contributed by atoms with Gasteiger partial charge in [0, 0.05) is 0 Å². The van der Waals surface area contributed by atoms with E-state index >= 15 is 0 Å². The second kappa shape index (κ2) is 15.5. The van der Waals surface area contributed by atoms with Crippen molar-refractivity contribution in [3.63, 3.8) is 0 Å². The lowest BCUT2D eigenvalue weighted by molar-refractivity contribution is 0.0333. The van der Waals surface area contributed by atoms with E-state index in [1.807, 2.05) is 0 Å². The molecular formula is C7H25O6P. The van der Waals surface area contributed by atoms with E-state index < -0.39 is 27.5 Å². The van der Waals surface area contributed by atoms with Gasteiger partial charge in [-0.15, -0.1) is 0 Å². The van der Waals surface area contributed by atoms with Crippen LogP contribution in [0.3, 0.4) is 0 Å². The second-order valence-electron chi connectivity index (χ2n) is 1.27. The highest BCUT2D eigenvalue weighted by molar-refractivity contribution is 7.53. The molecule has 0 fully saturated rings. The van der Waals surface area contributed by atoms with Gasteiger partial charge in [-0.3, -0.25) is 13.6 Å². The standard InChI is InChI=1S/C3H9O6P.4CH4/c4-1-8-10(7,3-6)9-2-5;;;;/h4-6H,1-3H2;4*1H4. The molecule has 0 spiro atoms. The van der Waals surface area contributed by atoms with E-state index in [9.17, 15) is 4.57 Å². The zero-order valence-electron chi connectivity index (χ0n) is 5.13. The first kappa shape index (κ1) is 29.2. The van der Waals surface area contributed by atoms with Crippen LogP contribution in [0, 0.1) is 0 Å². The number of aliphatic hydroxyl groups is 3. The summed E-state index contributed by atoms with van der Waals surface area (Å²) >= 11 is 0. The summed E-state index contributed by atoms with van der Waals surface area (Å²) in [7, 11) is -3.64. The summed E-state index contributed by atoms with van der Waals surface area (Å²) in [6, 6.07) is 0. The summed E-state index contributed by atoms with van der Waals surface area (Å²) in [5.74, 6) is 0. The molecule has 0 atom stereocenters. The fourth-order valence-electron chi connectivity index (χ4n) is 0.295. The Bertz CT molecular complexity index is 119. The minimum atomic E-state index is -3.64. The highest BCUT2D eigenvalue weighted by atomic mass is 31.2. The second-order valence-corrected chi connectivity index (χ2v) is 3.29. The molecule has 6 nitrogen and oxygen atoms in total. The molecule has 0 radical (unpaired) electrons. The topological polar surface area (TPSA) is 96.2 Å². The molecule has 0 unspecified atom stereocenters. The van der Waals surface area contributed by atoms with E-state index in [0.29, 0.717) is 0 Å². The third-order valence-corrected chi connectivity index (χ3v) is 2.05. The Labute approximate surface area is 87.0 Å². The summed E-state index contributed by atoms with van der Waals surface area (Å²) in [6.07, 6.45) is -0.867. The maximum atomic E-state index is 10.8. The van der Waals surface area contributed by atoms with Crippen LogP contribution in [-0.2, 0) is 13.6 Å². The van der Waals surface area contributed by atoms with Gasteiger partial charge in [-0.25, -0.2) is 0 Å². The fraction of sp³-hybridized carbons (Fsp3) is 1.00. The van der Waals surface area contributed by atoms with Crippen molar-refractivity contribution in [1.29, 1.82) is 0 Å². The molecule has 94 valence electrons. The molecule has 0 saturated carbocycles. The molecule has 0 aromatic carbocycles. The fourth-order valence-corrected chi connectivity index (χ4v) is 0.885. The zero-order chi connectivity index (χ0) is 8.04. The number of hydrogen-bond acceptors (Lipinski definition) is 6. The van der Waals surface area contributed by atoms with E-state index in [4.69, 9.17) is 15.3 Å². The van der Waals surface area contributed by atoms with Gasteiger partial charge in [0.1, 0.15) is 6.35 Å². The Morgan fingerprint density at radius 2 is 1.14 bits per heavy atom. The summed E-state index contributed by atoms with van der Waals surface area (Å²) in [6.45, 7) is -1.64. The molecular weight excluding hydrogens is 211 g/mol. The number of aliphatic hydroxyl groups excluding tert-OH is 3. The van der Waals surface area contributed by atoms with E-state index in [1.54, 1.807) is 0 Å².